The minimum absolute atomic E-state index is 0.0864. The number of aromatic nitrogens is 4. The fraction of sp³-hybridized carbons (Fsp3) is 0.318. The summed E-state index contributed by atoms with van der Waals surface area (Å²) < 4.78 is 6.30. The number of hydrogen-bond donors (Lipinski definition) is 0. The number of benzene rings is 1. The largest absolute Gasteiger partial charge is 0.368 e. The highest BCUT2D eigenvalue weighted by molar-refractivity contribution is 5.92. The molecule has 0 atom stereocenters. The zero-order valence-corrected chi connectivity index (χ0v) is 16.0. The van der Waals surface area contributed by atoms with E-state index in [1.165, 1.54) is 0 Å². The van der Waals surface area contributed by atoms with Crippen molar-refractivity contribution in [2.45, 2.75) is 24.9 Å². The van der Waals surface area contributed by atoms with E-state index >= 15 is 0 Å². The Balaban J connectivity index is 1.41. The van der Waals surface area contributed by atoms with Gasteiger partial charge in [-0.15, -0.1) is 5.10 Å². The molecule has 0 N–H and O–H groups in total. The maximum atomic E-state index is 12.7. The molecule has 1 amide bonds. The summed E-state index contributed by atoms with van der Waals surface area (Å²) in [6.07, 6.45) is 5.73. The summed E-state index contributed by atoms with van der Waals surface area (Å²) in [4.78, 5) is 24.0. The molecular formula is C22H21N5O2. The average Bonchev–Trinajstić information content (AvgIpc) is 2.80. The molecule has 5 rings (SSSR count). The van der Waals surface area contributed by atoms with Crippen molar-refractivity contribution in [3.05, 3.63) is 71.8 Å². The summed E-state index contributed by atoms with van der Waals surface area (Å²) in [6, 6.07) is 13.4. The van der Waals surface area contributed by atoms with Crippen LogP contribution in [0.4, 0.5) is 0 Å². The van der Waals surface area contributed by atoms with Crippen molar-refractivity contribution >= 4 is 5.91 Å². The molecule has 2 aromatic heterocycles. The quantitative estimate of drug-likeness (QED) is 0.672. The molecule has 29 heavy (non-hydrogen) atoms. The highest BCUT2D eigenvalue weighted by Crippen LogP contribution is 2.41. The number of piperidine rings is 1. The van der Waals surface area contributed by atoms with Gasteiger partial charge in [-0.25, -0.2) is 9.97 Å². The lowest BCUT2D eigenvalue weighted by Crippen LogP contribution is -2.49. The van der Waals surface area contributed by atoms with Gasteiger partial charge in [-0.1, -0.05) is 30.3 Å². The fourth-order valence-corrected chi connectivity index (χ4v) is 4.16. The summed E-state index contributed by atoms with van der Waals surface area (Å²) in [5.74, 6) is 0.629. The number of carbonyl (C=O) groups excluding carboxylic acids is 1. The predicted octanol–water partition coefficient (Wildman–Crippen LogP) is 2.64. The zero-order chi connectivity index (χ0) is 19.7. The van der Waals surface area contributed by atoms with Gasteiger partial charge in [0, 0.05) is 31.0 Å². The van der Waals surface area contributed by atoms with Gasteiger partial charge >= 0.3 is 0 Å². The van der Waals surface area contributed by atoms with Crippen LogP contribution in [0.15, 0.2) is 54.9 Å². The molecule has 7 nitrogen and oxygen atoms in total. The van der Waals surface area contributed by atoms with Crippen LogP contribution in [0.5, 0.6) is 0 Å². The fourth-order valence-electron chi connectivity index (χ4n) is 4.16. The Bertz CT molecular complexity index is 1020. The van der Waals surface area contributed by atoms with E-state index in [1.807, 2.05) is 41.4 Å². The number of hydrogen-bond acceptors (Lipinski definition) is 6. The average molecular weight is 387 g/mol. The molecular weight excluding hydrogens is 366 g/mol. The zero-order valence-electron chi connectivity index (χ0n) is 16.0. The topological polar surface area (TPSA) is 81.1 Å². The SMILES string of the molecule is O=C(c1cccnn1)N1CCC2(CC1)OCCc1cnc(-c3ccccc3)nc12. The van der Waals surface area contributed by atoms with Crippen LogP contribution in [0, 0.1) is 0 Å². The Hall–Kier alpha value is -3.19. The number of fused-ring (bicyclic) bond motifs is 2. The molecule has 1 fully saturated rings. The second-order valence-electron chi connectivity index (χ2n) is 7.43. The maximum absolute atomic E-state index is 12.7. The third-order valence-corrected chi connectivity index (χ3v) is 5.73. The molecule has 1 spiro atoms. The third-order valence-electron chi connectivity index (χ3n) is 5.73. The molecule has 0 aliphatic carbocycles. The van der Waals surface area contributed by atoms with Gasteiger partial charge in [0.2, 0.25) is 0 Å². The first-order valence-electron chi connectivity index (χ1n) is 9.88. The van der Waals surface area contributed by atoms with E-state index in [2.05, 4.69) is 15.2 Å². The van der Waals surface area contributed by atoms with Crippen LogP contribution >= 0.6 is 0 Å². The van der Waals surface area contributed by atoms with Gasteiger partial charge in [0.1, 0.15) is 5.60 Å². The molecule has 1 saturated heterocycles. The van der Waals surface area contributed by atoms with Gasteiger partial charge in [0.15, 0.2) is 11.5 Å². The molecule has 3 aromatic rings. The van der Waals surface area contributed by atoms with E-state index in [0.29, 0.717) is 44.1 Å². The first kappa shape index (κ1) is 17.9. The Morgan fingerprint density at radius 1 is 1.07 bits per heavy atom. The summed E-state index contributed by atoms with van der Waals surface area (Å²) in [7, 11) is 0. The molecule has 4 heterocycles. The van der Waals surface area contributed by atoms with Gasteiger partial charge < -0.3 is 9.64 Å². The number of carbonyl (C=O) groups is 1. The molecule has 0 bridgehead atoms. The first-order chi connectivity index (χ1) is 14.3. The predicted molar refractivity (Wildman–Crippen MR) is 106 cm³/mol. The van der Waals surface area contributed by atoms with Crippen molar-refractivity contribution in [2.24, 2.45) is 0 Å². The van der Waals surface area contributed by atoms with Crippen LogP contribution in [-0.4, -0.2) is 50.7 Å². The van der Waals surface area contributed by atoms with E-state index in [0.717, 1.165) is 23.2 Å². The van der Waals surface area contributed by atoms with Gasteiger partial charge in [-0.05, 0) is 37.0 Å². The van der Waals surface area contributed by atoms with Gasteiger partial charge in [0.05, 0.1) is 12.3 Å². The maximum Gasteiger partial charge on any atom is 0.274 e. The van der Waals surface area contributed by atoms with Crippen molar-refractivity contribution in [3.63, 3.8) is 0 Å². The first-order valence-corrected chi connectivity index (χ1v) is 9.88. The van der Waals surface area contributed by atoms with Crippen molar-refractivity contribution in [1.82, 2.24) is 25.1 Å². The lowest BCUT2D eigenvalue weighted by molar-refractivity contribution is -0.0967. The second-order valence-corrected chi connectivity index (χ2v) is 7.43. The van der Waals surface area contributed by atoms with Gasteiger partial charge in [-0.2, -0.15) is 5.10 Å². The number of likely N-dealkylation sites (tertiary alicyclic amines) is 1. The van der Waals surface area contributed by atoms with Gasteiger partial charge in [0.25, 0.3) is 5.91 Å². The highest BCUT2D eigenvalue weighted by Gasteiger charge is 2.43. The van der Waals surface area contributed by atoms with E-state index in [1.54, 1.807) is 18.3 Å². The smallest absolute Gasteiger partial charge is 0.274 e. The molecule has 0 saturated carbocycles. The van der Waals surface area contributed by atoms with Crippen molar-refractivity contribution in [2.75, 3.05) is 19.7 Å². The van der Waals surface area contributed by atoms with E-state index < -0.39 is 5.60 Å². The standard InChI is InChI=1S/C22H21N5O2/c28-21(18-7-4-11-24-26-18)27-12-9-22(10-13-27)19-17(8-14-29-22)15-23-20(25-19)16-5-2-1-3-6-16/h1-7,11,15H,8-10,12-14H2. The summed E-state index contributed by atoms with van der Waals surface area (Å²) in [5.41, 5.74) is 3.03. The van der Waals surface area contributed by atoms with Crippen LogP contribution < -0.4 is 0 Å². The van der Waals surface area contributed by atoms with Crippen molar-refractivity contribution < 1.29 is 9.53 Å². The molecule has 2 aliphatic rings. The summed E-state index contributed by atoms with van der Waals surface area (Å²) in [6.45, 7) is 1.85. The monoisotopic (exact) mass is 387 g/mol. The lowest BCUT2D eigenvalue weighted by Gasteiger charge is -2.44. The molecule has 7 heteroatoms. The van der Waals surface area contributed by atoms with Crippen molar-refractivity contribution in [3.8, 4) is 11.4 Å². The lowest BCUT2D eigenvalue weighted by atomic mass is 9.83. The van der Waals surface area contributed by atoms with Crippen LogP contribution in [0.3, 0.4) is 0 Å². The Morgan fingerprint density at radius 2 is 1.90 bits per heavy atom. The number of amides is 1. The molecule has 0 unspecified atom stereocenters. The number of ether oxygens (including phenoxy) is 1. The van der Waals surface area contributed by atoms with E-state index in [-0.39, 0.29) is 5.91 Å². The minimum Gasteiger partial charge on any atom is -0.368 e. The molecule has 1 aromatic carbocycles. The number of rotatable bonds is 2. The van der Waals surface area contributed by atoms with Crippen LogP contribution in [0.2, 0.25) is 0 Å². The Morgan fingerprint density at radius 3 is 2.66 bits per heavy atom. The van der Waals surface area contributed by atoms with E-state index in [4.69, 9.17) is 9.72 Å². The van der Waals surface area contributed by atoms with Crippen LogP contribution in [0.1, 0.15) is 34.6 Å². The summed E-state index contributed by atoms with van der Waals surface area (Å²) >= 11 is 0. The highest BCUT2D eigenvalue weighted by atomic mass is 16.5. The Kier molecular flexibility index (Phi) is 4.52. The normalized spacial score (nSPS) is 17.7. The third kappa shape index (κ3) is 3.27. The minimum atomic E-state index is -0.459. The van der Waals surface area contributed by atoms with Crippen molar-refractivity contribution in [1.29, 1.82) is 0 Å². The van der Waals surface area contributed by atoms with E-state index in [9.17, 15) is 4.79 Å². The molecule has 146 valence electrons. The summed E-state index contributed by atoms with van der Waals surface area (Å²) in [5, 5.41) is 7.76. The van der Waals surface area contributed by atoms with Crippen LogP contribution in [0.25, 0.3) is 11.4 Å². The molecule has 0 radical (unpaired) electrons. The Labute approximate surface area is 168 Å². The number of nitrogens with zero attached hydrogens (tertiary/aromatic N) is 5. The van der Waals surface area contributed by atoms with Gasteiger partial charge in [-0.3, -0.25) is 4.79 Å². The molecule has 2 aliphatic heterocycles. The van der Waals surface area contributed by atoms with Crippen LogP contribution in [-0.2, 0) is 16.8 Å². The second kappa shape index (κ2) is 7.33.